The van der Waals surface area contributed by atoms with Gasteiger partial charge in [-0.15, -0.1) is 0 Å². The predicted octanol–water partition coefficient (Wildman–Crippen LogP) is 3.07. The summed E-state index contributed by atoms with van der Waals surface area (Å²) in [5.41, 5.74) is 0.861. The number of rotatable bonds is 5. The molecule has 2 rings (SSSR count). The SMILES string of the molecule is Cc1nc(OC[C@H]2CCCC[C@H]2OS(C)(=O)=O)ccc1Br. The van der Waals surface area contributed by atoms with Gasteiger partial charge in [0.2, 0.25) is 5.88 Å². The van der Waals surface area contributed by atoms with E-state index in [1.807, 2.05) is 13.0 Å². The van der Waals surface area contributed by atoms with Crippen molar-refractivity contribution in [2.75, 3.05) is 12.9 Å². The van der Waals surface area contributed by atoms with E-state index in [9.17, 15) is 8.42 Å². The van der Waals surface area contributed by atoms with Crippen molar-refractivity contribution < 1.29 is 17.3 Å². The maximum Gasteiger partial charge on any atom is 0.264 e. The van der Waals surface area contributed by atoms with E-state index in [1.54, 1.807) is 6.07 Å². The molecule has 2 atom stereocenters. The molecule has 0 unspecified atom stereocenters. The first-order valence-electron chi connectivity index (χ1n) is 6.99. The van der Waals surface area contributed by atoms with E-state index in [0.29, 0.717) is 12.5 Å². The number of halogens is 1. The van der Waals surface area contributed by atoms with E-state index >= 15 is 0 Å². The van der Waals surface area contributed by atoms with Crippen molar-refractivity contribution >= 4 is 26.0 Å². The van der Waals surface area contributed by atoms with Crippen LogP contribution in [0.25, 0.3) is 0 Å². The highest BCUT2D eigenvalue weighted by molar-refractivity contribution is 9.10. The van der Waals surface area contributed by atoms with Crippen LogP contribution in [0.15, 0.2) is 16.6 Å². The fraction of sp³-hybridized carbons (Fsp3) is 0.643. The summed E-state index contributed by atoms with van der Waals surface area (Å²) >= 11 is 3.39. The van der Waals surface area contributed by atoms with Gasteiger partial charge in [-0.25, -0.2) is 4.98 Å². The summed E-state index contributed by atoms with van der Waals surface area (Å²) in [5.74, 6) is 0.638. The van der Waals surface area contributed by atoms with Crippen LogP contribution in [0.3, 0.4) is 0 Å². The molecule has 1 aromatic heterocycles. The normalized spacial score (nSPS) is 23.0. The Morgan fingerprint density at radius 2 is 2.05 bits per heavy atom. The molecule has 1 fully saturated rings. The molecule has 1 aliphatic carbocycles. The van der Waals surface area contributed by atoms with Crippen LogP contribution in [0.1, 0.15) is 31.4 Å². The van der Waals surface area contributed by atoms with Gasteiger partial charge in [-0.3, -0.25) is 4.18 Å². The van der Waals surface area contributed by atoms with Crippen LogP contribution in [-0.2, 0) is 14.3 Å². The lowest BCUT2D eigenvalue weighted by Gasteiger charge is -2.30. The molecular weight excluding hydrogens is 358 g/mol. The van der Waals surface area contributed by atoms with Gasteiger partial charge in [0.15, 0.2) is 0 Å². The molecule has 0 radical (unpaired) electrons. The number of hydrogen-bond donors (Lipinski definition) is 0. The Morgan fingerprint density at radius 3 is 2.71 bits per heavy atom. The summed E-state index contributed by atoms with van der Waals surface area (Å²) in [6, 6.07) is 3.69. The van der Waals surface area contributed by atoms with Gasteiger partial charge in [0.25, 0.3) is 10.1 Å². The molecule has 0 saturated heterocycles. The second kappa shape index (κ2) is 7.07. The number of pyridine rings is 1. The maximum absolute atomic E-state index is 11.3. The van der Waals surface area contributed by atoms with Gasteiger partial charge in [0.1, 0.15) is 0 Å². The van der Waals surface area contributed by atoms with E-state index in [-0.39, 0.29) is 12.0 Å². The van der Waals surface area contributed by atoms with E-state index in [2.05, 4.69) is 20.9 Å². The van der Waals surface area contributed by atoms with Gasteiger partial charge in [-0.1, -0.05) is 12.8 Å². The third-order valence-electron chi connectivity index (χ3n) is 3.58. The van der Waals surface area contributed by atoms with Crippen LogP contribution in [0.2, 0.25) is 0 Å². The van der Waals surface area contributed by atoms with Crippen molar-refractivity contribution in [2.24, 2.45) is 5.92 Å². The summed E-state index contributed by atoms with van der Waals surface area (Å²) in [4.78, 5) is 4.33. The van der Waals surface area contributed by atoms with Gasteiger partial charge in [-0.2, -0.15) is 8.42 Å². The Bertz CT molecular complexity index is 591. The van der Waals surface area contributed by atoms with Crippen LogP contribution < -0.4 is 4.74 Å². The summed E-state index contributed by atoms with van der Waals surface area (Å²) in [5, 5.41) is 0. The molecule has 7 heteroatoms. The fourth-order valence-electron chi connectivity index (χ4n) is 2.51. The number of ether oxygens (including phenoxy) is 1. The summed E-state index contributed by atoms with van der Waals surface area (Å²) in [6.07, 6.45) is 4.55. The molecule has 1 aliphatic rings. The predicted molar refractivity (Wildman–Crippen MR) is 83.8 cm³/mol. The highest BCUT2D eigenvalue weighted by Gasteiger charge is 2.29. The van der Waals surface area contributed by atoms with Gasteiger partial charge >= 0.3 is 0 Å². The Balaban J connectivity index is 1.97. The first-order valence-corrected chi connectivity index (χ1v) is 9.60. The summed E-state index contributed by atoms with van der Waals surface area (Å²) in [6.45, 7) is 2.32. The van der Waals surface area contributed by atoms with Crippen LogP contribution in [0, 0.1) is 12.8 Å². The topological polar surface area (TPSA) is 65.5 Å². The van der Waals surface area contributed by atoms with Crippen molar-refractivity contribution in [3.63, 3.8) is 0 Å². The zero-order valence-corrected chi connectivity index (χ0v) is 14.6. The molecule has 1 saturated carbocycles. The lowest BCUT2D eigenvalue weighted by molar-refractivity contribution is 0.0653. The third-order valence-corrected chi connectivity index (χ3v) is 5.01. The molecule has 118 valence electrons. The Kier molecular flexibility index (Phi) is 5.62. The van der Waals surface area contributed by atoms with Crippen molar-refractivity contribution in [1.82, 2.24) is 4.98 Å². The molecule has 0 aromatic carbocycles. The summed E-state index contributed by atoms with van der Waals surface area (Å²) in [7, 11) is -3.43. The number of aromatic nitrogens is 1. The van der Waals surface area contributed by atoms with Crippen molar-refractivity contribution in [3.05, 3.63) is 22.3 Å². The second-order valence-corrected chi connectivity index (χ2v) is 7.87. The lowest BCUT2D eigenvalue weighted by Crippen LogP contribution is -2.33. The number of hydrogen-bond acceptors (Lipinski definition) is 5. The largest absolute Gasteiger partial charge is 0.477 e. The summed E-state index contributed by atoms with van der Waals surface area (Å²) < 4.78 is 34.5. The molecule has 1 heterocycles. The van der Waals surface area contributed by atoms with Crippen LogP contribution in [-0.4, -0.2) is 32.4 Å². The minimum Gasteiger partial charge on any atom is -0.477 e. The minimum atomic E-state index is -3.43. The van der Waals surface area contributed by atoms with Crippen LogP contribution in [0.5, 0.6) is 5.88 Å². The average molecular weight is 378 g/mol. The van der Waals surface area contributed by atoms with Gasteiger partial charge < -0.3 is 4.74 Å². The van der Waals surface area contributed by atoms with E-state index < -0.39 is 10.1 Å². The highest BCUT2D eigenvalue weighted by Crippen LogP contribution is 2.28. The zero-order valence-electron chi connectivity index (χ0n) is 12.2. The van der Waals surface area contributed by atoms with Crippen LogP contribution >= 0.6 is 15.9 Å². The molecule has 5 nitrogen and oxygen atoms in total. The molecule has 0 aliphatic heterocycles. The zero-order chi connectivity index (χ0) is 15.5. The quantitative estimate of drug-likeness (QED) is 0.737. The Hall–Kier alpha value is -0.660. The van der Waals surface area contributed by atoms with Crippen molar-refractivity contribution in [1.29, 1.82) is 0 Å². The third kappa shape index (κ3) is 5.23. The Morgan fingerprint density at radius 1 is 1.33 bits per heavy atom. The van der Waals surface area contributed by atoms with Gasteiger partial charge in [0.05, 0.1) is 24.7 Å². The first kappa shape index (κ1) is 16.7. The standard InChI is InChI=1S/C14H20BrNO4S/c1-10-12(15)7-8-14(16-10)19-9-11-5-3-4-6-13(11)20-21(2,17)18/h7-8,11,13H,3-6,9H2,1-2H3/t11-,13-/m1/s1. The van der Waals surface area contributed by atoms with Gasteiger partial charge in [-0.05, 0) is 41.8 Å². The lowest BCUT2D eigenvalue weighted by atomic mass is 9.87. The van der Waals surface area contributed by atoms with Crippen molar-refractivity contribution in [3.8, 4) is 5.88 Å². The molecule has 0 amide bonds. The minimum absolute atomic E-state index is 0.0826. The molecular formula is C14H20BrNO4S. The number of aryl methyl sites for hydroxylation is 1. The highest BCUT2D eigenvalue weighted by atomic mass is 79.9. The van der Waals surface area contributed by atoms with Crippen molar-refractivity contribution in [2.45, 2.75) is 38.7 Å². The average Bonchev–Trinajstić information content (AvgIpc) is 2.40. The van der Waals surface area contributed by atoms with Crippen LogP contribution in [0.4, 0.5) is 0 Å². The van der Waals surface area contributed by atoms with E-state index in [4.69, 9.17) is 8.92 Å². The molecule has 0 N–H and O–H groups in total. The Labute approximate surface area is 134 Å². The second-order valence-electron chi connectivity index (χ2n) is 5.41. The molecule has 0 spiro atoms. The smallest absolute Gasteiger partial charge is 0.264 e. The molecule has 1 aromatic rings. The van der Waals surface area contributed by atoms with Gasteiger partial charge in [0, 0.05) is 16.5 Å². The van der Waals surface area contributed by atoms with E-state index in [0.717, 1.165) is 42.1 Å². The fourth-order valence-corrected chi connectivity index (χ4v) is 3.43. The first-order chi connectivity index (χ1) is 9.85. The monoisotopic (exact) mass is 377 g/mol. The maximum atomic E-state index is 11.3. The van der Waals surface area contributed by atoms with E-state index in [1.165, 1.54) is 0 Å². The number of nitrogens with zero attached hydrogens (tertiary/aromatic N) is 1. The molecule has 21 heavy (non-hydrogen) atoms. The molecule has 0 bridgehead atoms.